The number of hydrogen-bond acceptors (Lipinski definition) is 3. The molecule has 0 radical (unpaired) electrons. The average molecular weight is 441 g/mol. The highest BCUT2D eigenvalue weighted by Gasteiger charge is 2.28. The molecule has 4 aromatic rings. The Morgan fingerprint density at radius 2 is 1.53 bits per heavy atom. The molecule has 2 unspecified atom stereocenters. The fourth-order valence-electron chi connectivity index (χ4n) is 3.68. The summed E-state index contributed by atoms with van der Waals surface area (Å²) in [4.78, 5) is 12.8. The Hall–Kier alpha value is -3.65. The van der Waals surface area contributed by atoms with E-state index in [1.807, 2.05) is 72.8 Å². The highest BCUT2D eigenvalue weighted by molar-refractivity contribution is 6.30. The van der Waals surface area contributed by atoms with E-state index in [-0.39, 0.29) is 11.6 Å². The highest BCUT2D eigenvalue weighted by Crippen LogP contribution is 2.36. The molecule has 0 fully saturated rings. The number of nitrogens with zero attached hydrogens (tertiary/aromatic N) is 2. The second-order valence-corrected chi connectivity index (χ2v) is 7.83. The van der Waals surface area contributed by atoms with Crippen molar-refractivity contribution >= 4 is 11.6 Å². The van der Waals surface area contributed by atoms with Crippen LogP contribution in [0.2, 0.25) is 5.02 Å². The van der Waals surface area contributed by atoms with E-state index in [9.17, 15) is 4.79 Å². The van der Waals surface area contributed by atoms with Gasteiger partial charge in [0, 0.05) is 17.3 Å². The van der Waals surface area contributed by atoms with Crippen molar-refractivity contribution in [3.05, 3.63) is 141 Å². The number of hydrogen-bond donors (Lipinski definition) is 0. The minimum Gasteiger partial charge on any atom is -0.366 e. The molecule has 3 aromatic carbocycles. The Balaban J connectivity index is 1.77. The van der Waals surface area contributed by atoms with Gasteiger partial charge in [-0.05, 0) is 47.0 Å². The van der Waals surface area contributed by atoms with Crippen LogP contribution in [0.5, 0.6) is 0 Å². The summed E-state index contributed by atoms with van der Waals surface area (Å²) >= 11 is 6.13. The average Bonchev–Trinajstić information content (AvgIpc) is 2.84. The van der Waals surface area contributed by atoms with Crippen LogP contribution in [0.3, 0.4) is 0 Å². The standard InChI is InChI=1S/C27H21ClN2O2/c28-24-15-13-23(14-16-24)27(32-19-21-11-9-20(18-29)10-12-21)26(22-6-2-1-3-7-22)30-17-5-4-8-25(30)31/h1-17,26-27H,19H2. The number of ether oxygens (including phenoxy) is 1. The van der Waals surface area contributed by atoms with Gasteiger partial charge in [-0.15, -0.1) is 0 Å². The van der Waals surface area contributed by atoms with Crippen molar-refractivity contribution in [2.75, 3.05) is 0 Å². The van der Waals surface area contributed by atoms with Crippen molar-refractivity contribution in [3.8, 4) is 6.07 Å². The zero-order valence-electron chi connectivity index (χ0n) is 17.3. The third kappa shape index (κ3) is 4.97. The SMILES string of the molecule is N#Cc1ccc(COC(c2ccc(Cl)cc2)C(c2ccccc2)n2ccccc2=O)cc1. The Morgan fingerprint density at radius 1 is 0.844 bits per heavy atom. The third-order valence-electron chi connectivity index (χ3n) is 5.29. The lowest BCUT2D eigenvalue weighted by Crippen LogP contribution is -2.29. The molecule has 0 amide bonds. The molecule has 158 valence electrons. The second-order valence-electron chi connectivity index (χ2n) is 7.39. The van der Waals surface area contributed by atoms with Crippen molar-refractivity contribution in [3.63, 3.8) is 0 Å². The molecule has 0 aliphatic rings. The fraction of sp³-hybridized carbons (Fsp3) is 0.111. The molecule has 5 heteroatoms. The molecule has 1 aromatic heterocycles. The van der Waals surface area contributed by atoms with Gasteiger partial charge in [-0.2, -0.15) is 5.26 Å². The lowest BCUT2D eigenvalue weighted by molar-refractivity contribution is 0.0127. The first kappa shape index (κ1) is 21.6. The zero-order valence-corrected chi connectivity index (χ0v) is 18.0. The first-order valence-electron chi connectivity index (χ1n) is 10.2. The van der Waals surface area contributed by atoms with Crippen molar-refractivity contribution in [1.82, 2.24) is 4.57 Å². The lowest BCUT2D eigenvalue weighted by Gasteiger charge is -2.30. The van der Waals surface area contributed by atoms with E-state index in [1.54, 1.807) is 35.0 Å². The van der Waals surface area contributed by atoms with Gasteiger partial charge in [0.1, 0.15) is 6.10 Å². The first-order chi connectivity index (χ1) is 15.7. The molecule has 0 aliphatic heterocycles. The largest absolute Gasteiger partial charge is 0.366 e. The number of pyridine rings is 1. The van der Waals surface area contributed by atoms with E-state index in [2.05, 4.69) is 6.07 Å². The van der Waals surface area contributed by atoms with Gasteiger partial charge in [0.25, 0.3) is 5.56 Å². The Bertz CT molecular complexity index is 1260. The molecule has 1 heterocycles. The van der Waals surface area contributed by atoms with E-state index < -0.39 is 6.10 Å². The summed E-state index contributed by atoms with van der Waals surface area (Å²) in [6.07, 6.45) is 1.33. The van der Waals surface area contributed by atoms with E-state index in [0.717, 1.165) is 16.7 Å². The van der Waals surface area contributed by atoms with Crippen LogP contribution in [0.15, 0.2) is 108 Å². The van der Waals surface area contributed by atoms with Crippen molar-refractivity contribution in [2.45, 2.75) is 18.8 Å². The maximum Gasteiger partial charge on any atom is 0.251 e. The van der Waals surface area contributed by atoms with Gasteiger partial charge in [-0.25, -0.2) is 0 Å². The quantitative estimate of drug-likeness (QED) is 0.358. The van der Waals surface area contributed by atoms with Gasteiger partial charge in [0.05, 0.1) is 24.3 Å². The van der Waals surface area contributed by atoms with E-state index in [1.165, 1.54) is 0 Å². The van der Waals surface area contributed by atoms with Crippen LogP contribution >= 0.6 is 11.6 Å². The minimum atomic E-state index is -0.453. The van der Waals surface area contributed by atoms with Crippen molar-refractivity contribution < 1.29 is 4.74 Å². The molecule has 4 rings (SSSR count). The molecule has 0 saturated carbocycles. The molecule has 32 heavy (non-hydrogen) atoms. The van der Waals surface area contributed by atoms with E-state index in [4.69, 9.17) is 21.6 Å². The molecule has 0 aliphatic carbocycles. The maximum absolute atomic E-state index is 12.8. The smallest absolute Gasteiger partial charge is 0.251 e. The molecule has 4 nitrogen and oxygen atoms in total. The van der Waals surface area contributed by atoms with Crippen molar-refractivity contribution in [1.29, 1.82) is 5.26 Å². The topological polar surface area (TPSA) is 55.0 Å². The van der Waals surface area contributed by atoms with Gasteiger partial charge in [0.15, 0.2) is 0 Å². The normalized spacial score (nSPS) is 12.6. The van der Waals surface area contributed by atoms with Crippen LogP contribution < -0.4 is 5.56 Å². The molecule has 0 saturated heterocycles. The molecular formula is C27H21ClN2O2. The van der Waals surface area contributed by atoms with Gasteiger partial charge in [-0.1, -0.05) is 72.3 Å². The van der Waals surface area contributed by atoms with E-state index in [0.29, 0.717) is 17.2 Å². The van der Waals surface area contributed by atoms with Gasteiger partial charge in [0.2, 0.25) is 0 Å². The van der Waals surface area contributed by atoms with Crippen LogP contribution in [0.1, 0.15) is 34.4 Å². The van der Waals surface area contributed by atoms with Crippen LogP contribution in [0.25, 0.3) is 0 Å². The first-order valence-corrected chi connectivity index (χ1v) is 10.6. The van der Waals surface area contributed by atoms with Crippen molar-refractivity contribution in [2.24, 2.45) is 0 Å². The fourth-order valence-corrected chi connectivity index (χ4v) is 3.81. The lowest BCUT2D eigenvalue weighted by atomic mass is 9.95. The Kier molecular flexibility index (Phi) is 6.81. The Morgan fingerprint density at radius 3 is 2.19 bits per heavy atom. The van der Waals surface area contributed by atoms with Crippen LogP contribution in [-0.2, 0) is 11.3 Å². The number of rotatable bonds is 7. The van der Waals surface area contributed by atoms with Crippen LogP contribution in [0, 0.1) is 11.3 Å². The third-order valence-corrected chi connectivity index (χ3v) is 5.54. The zero-order chi connectivity index (χ0) is 22.3. The van der Waals surface area contributed by atoms with Gasteiger partial charge >= 0.3 is 0 Å². The molecular weight excluding hydrogens is 420 g/mol. The summed E-state index contributed by atoms with van der Waals surface area (Å²) in [5.74, 6) is 0. The summed E-state index contributed by atoms with van der Waals surface area (Å²) in [5, 5.41) is 9.68. The van der Waals surface area contributed by atoms with Gasteiger partial charge in [-0.3, -0.25) is 4.79 Å². The Labute approximate surface area is 191 Å². The number of benzene rings is 3. The summed E-state index contributed by atoms with van der Waals surface area (Å²) in [5.41, 5.74) is 3.30. The summed E-state index contributed by atoms with van der Waals surface area (Å²) in [7, 11) is 0. The van der Waals surface area contributed by atoms with Crippen LogP contribution in [0.4, 0.5) is 0 Å². The molecule has 0 bridgehead atoms. The van der Waals surface area contributed by atoms with Gasteiger partial charge < -0.3 is 9.30 Å². The van der Waals surface area contributed by atoms with E-state index >= 15 is 0 Å². The number of aromatic nitrogens is 1. The summed E-state index contributed by atoms with van der Waals surface area (Å²) < 4.78 is 8.17. The minimum absolute atomic E-state index is 0.109. The highest BCUT2D eigenvalue weighted by atomic mass is 35.5. The van der Waals surface area contributed by atoms with Crippen LogP contribution in [-0.4, -0.2) is 4.57 Å². The predicted octanol–water partition coefficient (Wildman–Crippen LogP) is 5.92. The molecule has 0 spiro atoms. The second kappa shape index (κ2) is 10.1. The molecule has 0 N–H and O–H groups in total. The predicted molar refractivity (Wildman–Crippen MR) is 125 cm³/mol. The monoisotopic (exact) mass is 440 g/mol. The number of nitriles is 1. The summed E-state index contributed by atoms with van der Waals surface area (Å²) in [6, 6.07) is 31.5. The molecule has 2 atom stereocenters. The summed E-state index contributed by atoms with van der Waals surface area (Å²) in [6.45, 7) is 0.323. The maximum atomic E-state index is 12.8. The number of halogens is 1.